The molecule has 63 heavy (non-hydrogen) atoms. The molecule has 324 valence electrons. The van der Waals surface area contributed by atoms with Crippen LogP contribution in [0.4, 0.5) is 5.82 Å². The first-order valence-corrected chi connectivity index (χ1v) is 22.3. The second kappa shape index (κ2) is 19.1. The van der Waals surface area contributed by atoms with Crippen LogP contribution in [0.3, 0.4) is 0 Å². The van der Waals surface area contributed by atoms with Crippen LogP contribution in [0.25, 0.3) is 11.2 Å². The van der Waals surface area contributed by atoms with Gasteiger partial charge in [0.05, 0.1) is 29.8 Å². The van der Waals surface area contributed by atoms with Gasteiger partial charge in [0.2, 0.25) is 10.0 Å². The van der Waals surface area contributed by atoms with E-state index in [2.05, 4.69) is 44.4 Å². The first-order chi connectivity index (χ1) is 30.6. The molecular formula is C46H47N9O7S. The third kappa shape index (κ3) is 9.96. The fourth-order valence-corrected chi connectivity index (χ4v) is 8.81. The van der Waals surface area contributed by atoms with Crippen LogP contribution < -0.4 is 10.0 Å². The van der Waals surface area contributed by atoms with Gasteiger partial charge in [0.1, 0.15) is 12.2 Å². The molecule has 0 radical (unpaired) electrons. The number of carbonyl (C=O) groups is 2. The third-order valence-corrected chi connectivity index (χ3v) is 12.1. The van der Waals surface area contributed by atoms with Crippen LogP contribution in [0.2, 0.25) is 0 Å². The van der Waals surface area contributed by atoms with E-state index in [1.165, 1.54) is 12.7 Å². The Labute approximate surface area is 364 Å². The lowest BCUT2D eigenvalue weighted by Crippen LogP contribution is -2.38. The summed E-state index contributed by atoms with van der Waals surface area (Å²) in [6.45, 7) is 6.19. The minimum atomic E-state index is -3.70. The number of hydrogen-bond acceptors (Lipinski definition) is 13. The lowest BCUT2D eigenvalue weighted by Gasteiger charge is -2.24. The van der Waals surface area contributed by atoms with E-state index in [0.717, 1.165) is 11.1 Å². The van der Waals surface area contributed by atoms with E-state index < -0.39 is 46.5 Å². The fourth-order valence-electron chi connectivity index (χ4n) is 7.47. The predicted octanol–water partition coefficient (Wildman–Crippen LogP) is 6.48. The van der Waals surface area contributed by atoms with Crippen molar-refractivity contribution in [3.05, 3.63) is 168 Å². The number of imidazole rings is 1. The van der Waals surface area contributed by atoms with Crippen molar-refractivity contribution in [2.75, 3.05) is 17.6 Å². The molecule has 4 atom stereocenters. The lowest BCUT2D eigenvalue weighted by atomic mass is 9.91. The Bertz CT molecular complexity index is 2710. The number of esters is 2. The van der Waals surface area contributed by atoms with Crippen molar-refractivity contribution in [2.45, 2.75) is 64.3 Å². The first-order valence-electron chi connectivity index (χ1n) is 20.7. The molecule has 4 aromatic carbocycles. The highest BCUT2D eigenvalue weighted by Crippen LogP contribution is 2.43. The quantitative estimate of drug-likeness (QED) is 0.0946. The van der Waals surface area contributed by atoms with Crippen LogP contribution in [-0.2, 0) is 37.3 Å². The molecule has 1 fully saturated rings. The molecule has 0 bridgehead atoms. The first kappa shape index (κ1) is 42.9. The molecule has 4 heterocycles. The summed E-state index contributed by atoms with van der Waals surface area (Å²) in [6.07, 6.45) is -1.89. The van der Waals surface area contributed by atoms with Crippen molar-refractivity contribution in [3.63, 3.8) is 0 Å². The van der Waals surface area contributed by atoms with E-state index in [4.69, 9.17) is 29.2 Å². The highest BCUT2D eigenvalue weighted by atomic mass is 32.2. The van der Waals surface area contributed by atoms with E-state index in [-0.39, 0.29) is 52.6 Å². The number of sulfonamides is 1. The number of carbonyl (C=O) groups excluding carboxylic acids is 2. The average molecular weight is 870 g/mol. The number of benzene rings is 4. The zero-order chi connectivity index (χ0) is 43.9. The van der Waals surface area contributed by atoms with E-state index >= 15 is 0 Å². The minimum Gasteiger partial charge on any atom is -0.451 e. The predicted molar refractivity (Wildman–Crippen MR) is 234 cm³/mol. The Kier molecular flexibility index (Phi) is 13.0. The van der Waals surface area contributed by atoms with Gasteiger partial charge in [-0.1, -0.05) is 111 Å². The van der Waals surface area contributed by atoms with Crippen molar-refractivity contribution in [1.29, 1.82) is 0 Å². The normalized spacial score (nSPS) is 17.6. The molecule has 2 N–H and O–H groups in total. The van der Waals surface area contributed by atoms with Crippen LogP contribution in [0.15, 0.2) is 134 Å². The van der Waals surface area contributed by atoms with Gasteiger partial charge >= 0.3 is 11.9 Å². The summed E-state index contributed by atoms with van der Waals surface area (Å²) >= 11 is 0. The molecule has 0 spiro atoms. The molecule has 0 saturated carbocycles. The highest BCUT2D eigenvalue weighted by Gasteiger charge is 2.53. The Morgan fingerprint density at radius 2 is 1.33 bits per heavy atom. The smallest absolute Gasteiger partial charge is 0.338 e. The summed E-state index contributed by atoms with van der Waals surface area (Å²) in [5.41, 5.74) is 3.22. The lowest BCUT2D eigenvalue weighted by molar-refractivity contribution is -0.0498. The van der Waals surface area contributed by atoms with Crippen molar-refractivity contribution >= 4 is 38.9 Å². The van der Waals surface area contributed by atoms with Gasteiger partial charge in [0, 0.05) is 19.0 Å². The topological polar surface area (TPSA) is 194 Å². The number of hydrogen-bond donors (Lipinski definition) is 2. The molecule has 1 saturated heterocycles. The SMILES string of the molecule is CCn1cnc([C@H]2O[C@@H](n3cnc4c(NCC(c5ccccc5)c5ccccc5)nc(CNS(=O)(=O)CC(C)C)nc43)[C@H](OC(=O)c3ccccc3)[C@H]2OC(=O)c2ccccc2)n1. The number of nitrogens with zero attached hydrogens (tertiary/aromatic N) is 7. The van der Waals surface area contributed by atoms with Crippen LogP contribution in [0.1, 0.15) is 82.5 Å². The van der Waals surface area contributed by atoms with Crippen molar-refractivity contribution in [1.82, 2.24) is 39.0 Å². The summed E-state index contributed by atoms with van der Waals surface area (Å²) < 4.78 is 51.2. The summed E-state index contributed by atoms with van der Waals surface area (Å²) in [5.74, 6) is -1.04. The van der Waals surface area contributed by atoms with Gasteiger partial charge in [-0.3, -0.25) is 9.25 Å². The van der Waals surface area contributed by atoms with Crippen LogP contribution in [0.5, 0.6) is 0 Å². The molecular weight excluding hydrogens is 823 g/mol. The second-order valence-electron chi connectivity index (χ2n) is 15.4. The maximum atomic E-state index is 13.9. The van der Waals surface area contributed by atoms with Gasteiger partial charge < -0.3 is 19.5 Å². The van der Waals surface area contributed by atoms with E-state index in [0.29, 0.717) is 24.4 Å². The van der Waals surface area contributed by atoms with Crippen molar-refractivity contribution in [2.24, 2.45) is 5.92 Å². The average Bonchev–Trinajstić information content (AvgIpc) is 4.04. The van der Waals surface area contributed by atoms with Crippen LogP contribution in [0, 0.1) is 5.92 Å². The summed E-state index contributed by atoms with van der Waals surface area (Å²) in [7, 11) is -3.70. The van der Waals surface area contributed by atoms with Gasteiger partial charge in [-0.05, 0) is 48.2 Å². The van der Waals surface area contributed by atoms with Crippen molar-refractivity contribution in [3.8, 4) is 0 Å². The Morgan fingerprint density at radius 1 is 0.762 bits per heavy atom. The molecule has 17 heteroatoms. The number of nitrogens with one attached hydrogen (secondary N) is 2. The molecule has 16 nitrogen and oxygen atoms in total. The molecule has 8 rings (SSSR count). The fraction of sp³-hybridized carbons (Fsp3) is 0.283. The van der Waals surface area contributed by atoms with Gasteiger partial charge in [-0.15, -0.1) is 0 Å². The zero-order valence-electron chi connectivity index (χ0n) is 34.9. The zero-order valence-corrected chi connectivity index (χ0v) is 35.7. The Morgan fingerprint density at radius 3 is 1.89 bits per heavy atom. The van der Waals surface area contributed by atoms with Crippen molar-refractivity contribution < 1.29 is 32.2 Å². The number of aromatic nitrogens is 7. The van der Waals surface area contributed by atoms with Gasteiger partial charge in [0.15, 0.2) is 47.3 Å². The Balaban J connectivity index is 1.23. The summed E-state index contributed by atoms with van der Waals surface area (Å²) in [5, 5.41) is 8.10. The number of aryl methyl sites for hydroxylation is 1. The van der Waals surface area contributed by atoms with E-state index in [1.54, 1.807) is 69.9 Å². The van der Waals surface area contributed by atoms with Gasteiger partial charge in [-0.25, -0.2) is 42.7 Å². The molecule has 3 aromatic heterocycles. The third-order valence-electron chi connectivity index (χ3n) is 10.4. The highest BCUT2D eigenvalue weighted by molar-refractivity contribution is 7.89. The summed E-state index contributed by atoms with van der Waals surface area (Å²) in [6, 6.07) is 37.0. The monoisotopic (exact) mass is 869 g/mol. The van der Waals surface area contributed by atoms with Crippen LogP contribution in [-0.4, -0.2) is 79.1 Å². The van der Waals surface area contributed by atoms with E-state index in [9.17, 15) is 18.0 Å². The number of rotatable bonds is 17. The maximum Gasteiger partial charge on any atom is 0.338 e. The van der Waals surface area contributed by atoms with Gasteiger partial charge in [0.25, 0.3) is 0 Å². The summed E-state index contributed by atoms with van der Waals surface area (Å²) in [4.78, 5) is 46.7. The van der Waals surface area contributed by atoms with Gasteiger partial charge in [-0.2, -0.15) is 5.10 Å². The maximum absolute atomic E-state index is 13.9. The molecule has 0 amide bonds. The molecule has 1 aliphatic heterocycles. The molecule has 0 unspecified atom stereocenters. The largest absolute Gasteiger partial charge is 0.451 e. The molecule has 7 aromatic rings. The standard InChI is InChI=1S/C46H47N9O7S/c1-4-54-28-49-42(53-54)39-38(61-45(56)33-21-13-7-14-22-33)40(62-46(57)34-23-15-8-16-24-34)44(60-39)55-29-48-37-41(51-36(52-43(37)55)26-50-63(58,59)27-30(2)3)47-25-35(31-17-9-5-10-18-31)32-19-11-6-12-20-32/h5-24,28-30,35,38-40,44,50H,4,25-27H2,1-3H3,(H,47,51,52)/t38-,39-,40+,44+/m0/s1. The Hall–Kier alpha value is -6.82. The number of ether oxygens (including phenoxy) is 3. The molecule has 0 aliphatic carbocycles. The van der Waals surface area contributed by atoms with E-state index in [1.807, 2.05) is 57.2 Å². The number of fused-ring (bicyclic) bond motifs is 1. The van der Waals surface area contributed by atoms with Crippen LogP contribution >= 0.6 is 0 Å². The number of anilines is 1. The second-order valence-corrected chi connectivity index (χ2v) is 17.3. The molecule has 1 aliphatic rings. The minimum absolute atomic E-state index is 0.0925.